The van der Waals surface area contributed by atoms with Crippen molar-refractivity contribution in [3.05, 3.63) is 0 Å². The van der Waals surface area contributed by atoms with Crippen LogP contribution in [0.2, 0.25) is 0 Å². The van der Waals surface area contributed by atoms with E-state index >= 15 is 0 Å². The zero-order valence-corrected chi connectivity index (χ0v) is 10.4. The molecule has 16 heavy (non-hydrogen) atoms. The highest BCUT2D eigenvalue weighted by Gasteiger charge is 2.21. The van der Waals surface area contributed by atoms with Gasteiger partial charge in [0.1, 0.15) is 12.1 Å². The summed E-state index contributed by atoms with van der Waals surface area (Å²) in [6.07, 6.45) is 0. The smallest absolute Gasteiger partial charge is 0.244 e. The van der Waals surface area contributed by atoms with E-state index in [0.29, 0.717) is 0 Å². The third kappa shape index (κ3) is 5.01. The van der Waals surface area contributed by atoms with Crippen LogP contribution in [0, 0.1) is 0 Å². The molecule has 0 aliphatic carbocycles. The Morgan fingerprint density at radius 3 is 2.12 bits per heavy atom. The van der Waals surface area contributed by atoms with Gasteiger partial charge < -0.3 is 16.0 Å². The van der Waals surface area contributed by atoms with Crippen LogP contribution in [0.15, 0.2) is 0 Å². The number of hydrogen-bond donors (Lipinski definition) is 4. The highest BCUT2D eigenvalue weighted by atomic mass is 32.1. The molecule has 0 aromatic rings. The third-order valence-electron chi connectivity index (χ3n) is 1.88. The normalized spacial score (nSPS) is 13.5. The van der Waals surface area contributed by atoms with E-state index in [2.05, 4.69) is 28.6 Å². The molecule has 7 heteroatoms. The first-order chi connectivity index (χ1) is 7.42. The quantitative estimate of drug-likeness (QED) is 0.454. The predicted octanol–water partition coefficient (Wildman–Crippen LogP) is -1.33. The fourth-order valence-corrected chi connectivity index (χ4v) is 1.29. The van der Waals surface area contributed by atoms with Crippen LogP contribution in [0.4, 0.5) is 0 Å². The van der Waals surface area contributed by atoms with E-state index in [1.807, 2.05) is 0 Å². The molecule has 6 nitrogen and oxygen atoms in total. The number of rotatable bonds is 5. The second-order valence-corrected chi connectivity index (χ2v) is 3.65. The van der Waals surface area contributed by atoms with E-state index in [1.165, 1.54) is 14.0 Å². The lowest BCUT2D eigenvalue weighted by molar-refractivity contribution is -0.130. The van der Waals surface area contributed by atoms with Crippen LogP contribution in [-0.2, 0) is 14.4 Å². The molecule has 0 heterocycles. The molecule has 3 N–H and O–H groups in total. The molecule has 0 aliphatic heterocycles. The second-order valence-electron chi connectivity index (χ2n) is 3.28. The molecule has 0 spiro atoms. The molecule has 92 valence electrons. The number of hydrogen-bond acceptors (Lipinski definition) is 4. The van der Waals surface area contributed by atoms with Crippen molar-refractivity contribution in [3.63, 3.8) is 0 Å². The summed E-state index contributed by atoms with van der Waals surface area (Å²) in [7, 11) is 1.48. The lowest BCUT2D eigenvalue weighted by atomic mass is 10.2. The summed E-state index contributed by atoms with van der Waals surface area (Å²) in [6.45, 7) is 2.87. The van der Waals surface area contributed by atoms with Gasteiger partial charge in [-0.25, -0.2) is 0 Å². The lowest BCUT2D eigenvalue weighted by Crippen LogP contribution is -2.52. The van der Waals surface area contributed by atoms with Gasteiger partial charge in [0.2, 0.25) is 17.7 Å². The second kappa shape index (κ2) is 7.10. The summed E-state index contributed by atoms with van der Waals surface area (Å²) in [5.74, 6) is -0.872. The van der Waals surface area contributed by atoms with Crippen LogP contribution in [-0.4, -0.2) is 42.6 Å². The van der Waals surface area contributed by atoms with Gasteiger partial charge in [0.15, 0.2) is 0 Å². The Hall–Kier alpha value is -1.24. The van der Waals surface area contributed by atoms with Gasteiger partial charge in [0, 0.05) is 19.7 Å². The Morgan fingerprint density at radius 2 is 1.75 bits per heavy atom. The molecule has 0 aromatic carbocycles. The summed E-state index contributed by atoms with van der Waals surface area (Å²) >= 11 is 3.95. The molecule has 0 saturated heterocycles. The first kappa shape index (κ1) is 14.8. The van der Waals surface area contributed by atoms with E-state index < -0.39 is 18.0 Å². The number of nitrogens with one attached hydrogen (secondary N) is 3. The van der Waals surface area contributed by atoms with Crippen LogP contribution < -0.4 is 16.0 Å². The van der Waals surface area contributed by atoms with Crippen molar-refractivity contribution in [2.24, 2.45) is 0 Å². The van der Waals surface area contributed by atoms with Gasteiger partial charge in [-0.05, 0) is 6.92 Å². The fourth-order valence-electron chi connectivity index (χ4n) is 1.04. The van der Waals surface area contributed by atoms with Gasteiger partial charge in [0.25, 0.3) is 0 Å². The Morgan fingerprint density at radius 1 is 1.19 bits per heavy atom. The average Bonchev–Trinajstić information content (AvgIpc) is 2.23. The molecule has 2 atom stereocenters. The first-order valence-corrected chi connectivity index (χ1v) is 5.45. The molecule has 0 radical (unpaired) electrons. The van der Waals surface area contributed by atoms with E-state index in [-0.39, 0.29) is 17.6 Å². The molecule has 3 amide bonds. The molecule has 0 bridgehead atoms. The van der Waals surface area contributed by atoms with Crippen LogP contribution in [0.5, 0.6) is 0 Å². The summed E-state index contributed by atoms with van der Waals surface area (Å²) < 4.78 is 0. The zero-order chi connectivity index (χ0) is 12.7. The standard InChI is InChI=1S/C9H17N3O3S/c1-5(8(14)10-3)11-9(15)7(4-16)12-6(2)13/h5,7,16H,4H2,1-3H3,(H,10,14)(H,11,15)(H,12,13). The number of likely N-dealkylation sites (N-methyl/N-ethyl adjacent to an activating group) is 1. The minimum Gasteiger partial charge on any atom is -0.357 e. The van der Waals surface area contributed by atoms with Crippen molar-refractivity contribution < 1.29 is 14.4 Å². The molecule has 0 aromatic heterocycles. The Bertz CT molecular complexity index is 283. The van der Waals surface area contributed by atoms with Crippen molar-refractivity contribution in [1.29, 1.82) is 0 Å². The molecule has 2 unspecified atom stereocenters. The SMILES string of the molecule is CNC(=O)C(C)NC(=O)C(CS)NC(C)=O. The van der Waals surface area contributed by atoms with E-state index in [4.69, 9.17) is 0 Å². The van der Waals surface area contributed by atoms with Gasteiger partial charge >= 0.3 is 0 Å². The van der Waals surface area contributed by atoms with Crippen molar-refractivity contribution in [3.8, 4) is 0 Å². The van der Waals surface area contributed by atoms with Crippen LogP contribution in [0.25, 0.3) is 0 Å². The average molecular weight is 247 g/mol. The largest absolute Gasteiger partial charge is 0.357 e. The zero-order valence-electron chi connectivity index (χ0n) is 9.53. The van der Waals surface area contributed by atoms with E-state index in [9.17, 15) is 14.4 Å². The van der Waals surface area contributed by atoms with E-state index in [0.717, 1.165) is 0 Å². The first-order valence-electron chi connectivity index (χ1n) is 4.82. The Kier molecular flexibility index (Phi) is 6.55. The maximum Gasteiger partial charge on any atom is 0.244 e. The third-order valence-corrected chi connectivity index (χ3v) is 2.24. The number of carbonyl (C=O) groups excluding carboxylic acids is 3. The topological polar surface area (TPSA) is 87.3 Å². The molecule has 0 aliphatic rings. The number of thiol groups is 1. The molecule has 0 rings (SSSR count). The minimum atomic E-state index is -0.729. The minimum absolute atomic E-state index is 0.172. The van der Waals surface area contributed by atoms with Gasteiger partial charge in [-0.15, -0.1) is 0 Å². The monoisotopic (exact) mass is 247 g/mol. The summed E-state index contributed by atoms with van der Waals surface area (Å²) in [5.41, 5.74) is 0. The highest BCUT2D eigenvalue weighted by molar-refractivity contribution is 7.80. The van der Waals surface area contributed by atoms with Crippen LogP contribution in [0.3, 0.4) is 0 Å². The fraction of sp³-hybridized carbons (Fsp3) is 0.667. The number of amides is 3. The van der Waals surface area contributed by atoms with Crippen molar-refractivity contribution in [2.75, 3.05) is 12.8 Å². The Labute approximate surface area is 99.9 Å². The summed E-state index contributed by atoms with van der Waals surface area (Å²) in [4.78, 5) is 33.5. The lowest BCUT2D eigenvalue weighted by Gasteiger charge is -2.18. The van der Waals surface area contributed by atoms with E-state index in [1.54, 1.807) is 6.92 Å². The summed E-state index contributed by atoms with van der Waals surface area (Å²) in [5, 5.41) is 7.31. The maximum absolute atomic E-state index is 11.6. The predicted molar refractivity (Wildman–Crippen MR) is 63.1 cm³/mol. The van der Waals surface area contributed by atoms with Crippen LogP contribution in [0.1, 0.15) is 13.8 Å². The molecule has 0 saturated carbocycles. The maximum atomic E-state index is 11.6. The highest BCUT2D eigenvalue weighted by Crippen LogP contribution is 1.91. The van der Waals surface area contributed by atoms with Gasteiger partial charge in [-0.1, -0.05) is 0 Å². The van der Waals surface area contributed by atoms with Crippen LogP contribution >= 0.6 is 12.6 Å². The van der Waals surface area contributed by atoms with Gasteiger partial charge in [-0.3, -0.25) is 14.4 Å². The molecule has 0 fully saturated rings. The van der Waals surface area contributed by atoms with Gasteiger partial charge in [-0.2, -0.15) is 12.6 Å². The molecular formula is C9H17N3O3S. The summed E-state index contributed by atoms with van der Waals surface area (Å²) in [6, 6.07) is -1.37. The van der Waals surface area contributed by atoms with Gasteiger partial charge in [0.05, 0.1) is 0 Å². The van der Waals surface area contributed by atoms with Crippen molar-refractivity contribution in [2.45, 2.75) is 25.9 Å². The Balaban J connectivity index is 4.31. The molecular weight excluding hydrogens is 230 g/mol. The number of carbonyl (C=O) groups is 3. The van der Waals surface area contributed by atoms with Crippen molar-refractivity contribution in [1.82, 2.24) is 16.0 Å². The van der Waals surface area contributed by atoms with Crippen molar-refractivity contribution >= 4 is 30.4 Å².